The third kappa shape index (κ3) is 8.93. The van der Waals surface area contributed by atoms with Crippen molar-refractivity contribution in [1.29, 1.82) is 0 Å². The molecule has 3 aromatic carbocycles. The predicted octanol–water partition coefficient (Wildman–Crippen LogP) is 7.34. The Morgan fingerprint density at radius 1 is 0.854 bits per heavy atom. The van der Waals surface area contributed by atoms with E-state index in [1.165, 1.54) is 37.3 Å². The first-order valence-corrected chi connectivity index (χ1v) is 17.4. The van der Waals surface area contributed by atoms with Gasteiger partial charge in [-0.3, -0.25) is 14.4 Å². The highest BCUT2D eigenvalue weighted by atomic mass is 32.2. The minimum Gasteiger partial charge on any atom is -0.496 e. The molecule has 9 nitrogen and oxygen atoms in total. The van der Waals surface area contributed by atoms with Crippen LogP contribution in [0, 0.1) is 0 Å². The van der Waals surface area contributed by atoms with E-state index in [1.54, 1.807) is 66.7 Å². The molecular weight excluding hydrogens is 647 g/mol. The molecule has 0 unspecified atom stereocenters. The zero-order chi connectivity index (χ0) is 33.9. The van der Waals surface area contributed by atoms with Crippen molar-refractivity contribution in [2.75, 3.05) is 30.6 Å². The van der Waals surface area contributed by atoms with E-state index >= 15 is 0 Å². The van der Waals surface area contributed by atoms with E-state index in [0.717, 1.165) is 53.9 Å². The van der Waals surface area contributed by atoms with E-state index in [0.29, 0.717) is 33.1 Å². The van der Waals surface area contributed by atoms with Crippen LogP contribution in [0.1, 0.15) is 62.4 Å². The number of thioether (sulfide) groups is 1. The maximum Gasteiger partial charge on any atom is 0.341 e. The molecule has 1 heterocycles. The number of hydrogen-bond acceptors (Lipinski definition) is 8. The molecular formula is C37H37N3O6S2. The number of hydrogen-bond donors (Lipinski definition) is 3. The Morgan fingerprint density at radius 3 is 2.38 bits per heavy atom. The lowest BCUT2D eigenvalue weighted by molar-refractivity contribution is -0.114. The summed E-state index contributed by atoms with van der Waals surface area (Å²) in [5, 5.41) is 9.08. The normalized spacial score (nSPS) is 12.9. The van der Waals surface area contributed by atoms with Crippen molar-refractivity contribution in [2.45, 2.75) is 43.4 Å². The predicted molar refractivity (Wildman–Crippen MR) is 191 cm³/mol. The van der Waals surface area contributed by atoms with E-state index in [4.69, 9.17) is 9.47 Å². The largest absolute Gasteiger partial charge is 0.496 e. The lowest BCUT2D eigenvalue weighted by Crippen LogP contribution is -2.30. The number of nitrogens with one attached hydrogen (secondary N) is 3. The van der Waals surface area contributed by atoms with Gasteiger partial charge in [-0.2, -0.15) is 0 Å². The molecule has 1 aliphatic carbocycles. The van der Waals surface area contributed by atoms with Crippen molar-refractivity contribution >= 4 is 63.6 Å². The maximum atomic E-state index is 13.6. The zero-order valence-electron chi connectivity index (χ0n) is 26.8. The van der Waals surface area contributed by atoms with Crippen molar-refractivity contribution in [3.05, 3.63) is 112 Å². The number of aryl methyl sites for hydroxylation is 1. The van der Waals surface area contributed by atoms with Crippen molar-refractivity contribution in [2.24, 2.45) is 0 Å². The number of benzene rings is 3. The Balaban J connectivity index is 1.28. The Hall–Kier alpha value is -4.87. The summed E-state index contributed by atoms with van der Waals surface area (Å²) < 4.78 is 10.5. The van der Waals surface area contributed by atoms with Gasteiger partial charge in [0, 0.05) is 26.6 Å². The van der Waals surface area contributed by atoms with Gasteiger partial charge in [-0.05, 0) is 73.7 Å². The number of carbonyl (C=O) groups excluding carboxylic acids is 4. The Kier molecular flexibility index (Phi) is 12.1. The van der Waals surface area contributed by atoms with Gasteiger partial charge < -0.3 is 25.4 Å². The van der Waals surface area contributed by atoms with Crippen LogP contribution in [-0.2, 0) is 27.2 Å². The van der Waals surface area contributed by atoms with Crippen molar-refractivity contribution in [3.8, 4) is 5.75 Å². The van der Waals surface area contributed by atoms with Gasteiger partial charge in [-0.15, -0.1) is 23.1 Å². The summed E-state index contributed by atoms with van der Waals surface area (Å²) in [5.74, 6) is -1.02. The first-order chi connectivity index (χ1) is 23.4. The maximum absolute atomic E-state index is 13.6. The van der Waals surface area contributed by atoms with E-state index in [2.05, 4.69) is 16.0 Å². The van der Waals surface area contributed by atoms with Gasteiger partial charge in [0.25, 0.3) is 11.8 Å². The Morgan fingerprint density at radius 2 is 1.60 bits per heavy atom. The topological polar surface area (TPSA) is 123 Å². The van der Waals surface area contributed by atoms with E-state index in [1.807, 2.05) is 18.2 Å². The third-order valence-electron chi connectivity index (χ3n) is 7.74. The lowest BCUT2D eigenvalue weighted by atomic mass is 9.96. The zero-order valence-corrected chi connectivity index (χ0v) is 28.4. The molecule has 248 valence electrons. The number of fused-ring (bicyclic) bond motifs is 1. The monoisotopic (exact) mass is 683 g/mol. The fourth-order valence-corrected chi connectivity index (χ4v) is 7.43. The van der Waals surface area contributed by atoms with Crippen LogP contribution in [0.4, 0.5) is 10.7 Å². The minimum absolute atomic E-state index is 0.0252. The number of anilines is 2. The molecule has 0 fully saturated rings. The number of thiophene rings is 1. The van der Waals surface area contributed by atoms with Crippen LogP contribution in [0.3, 0.4) is 0 Å². The third-order valence-corrected chi connectivity index (χ3v) is 9.94. The molecule has 0 bridgehead atoms. The molecule has 4 aromatic rings. The summed E-state index contributed by atoms with van der Waals surface area (Å²) in [6.07, 6.45) is 7.58. The second-order valence-electron chi connectivity index (χ2n) is 11.1. The summed E-state index contributed by atoms with van der Waals surface area (Å²) in [6, 6.07) is 22.9. The van der Waals surface area contributed by atoms with Gasteiger partial charge in [0.15, 0.2) is 0 Å². The minimum atomic E-state index is -0.534. The average Bonchev–Trinajstić information content (AvgIpc) is 3.42. The lowest BCUT2D eigenvalue weighted by Gasteiger charge is -2.13. The average molecular weight is 684 g/mol. The highest BCUT2D eigenvalue weighted by Gasteiger charge is 2.26. The number of ether oxygens (including phenoxy) is 2. The van der Waals surface area contributed by atoms with Crippen LogP contribution in [0.15, 0.2) is 89.5 Å². The van der Waals surface area contributed by atoms with Crippen molar-refractivity contribution in [3.63, 3.8) is 0 Å². The molecule has 0 aliphatic heterocycles. The molecule has 0 saturated carbocycles. The number of methoxy groups -OCH3 is 2. The summed E-state index contributed by atoms with van der Waals surface area (Å²) >= 11 is 2.76. The second kappa shape index (κ2) is 16.8. The molecule has 0 radical (unpaired) electrons. The standard InChI is InChI=1S/C37H37N3O6S2/c1-45-30-19-11-10-15-25(30)21-29(39-34(42)24-13-6-5-7-14-24)35(43)38-26-16-12-17-27(22-26)47-23-32(41)40-36-33(37(44)46-2)28-18-8-3-4-9-20-31(28)48-36/h5-7,10-17,19,21-22H,3-4,8-9,18,20,23H2,1-2H3,(H,38,43)(H,39,42)(H,40,41)/b29-21+. The van der Waals surface area contributed by atoms with Gasteiger partial charge in [0.1, 0.15) is 16.4 Å². The Bertz CT molecular complexity index is 1820. The molecule has 1 aliphatic rings. The number of carbonyl (C=O) groups is 4. The highest BCUT2D eigenvalue weighted by molar-refractivity contribution is 8.00. The van der Waals surface area contributed by atoms with Gasteiger partial charge in [0.05, 0.1) is 25.5 Å². The molecule has 0 atom stereocenters. The number of rotatable bonds is 11. The molecule has 0 spiro atoms. The molecule has 3 N–H and O–H groups in total. The first kappa shape index (κ1) is 34.5. The fourth-order valence-electron chi connectivity index (χ4n) is 5.38. The SMILES string of the molecule is COC(=O)c1c(NC(=O)CSc2cccc(NC(=O)/C(=C\c3ccccc3OC)NC(=O)c3ccccc3)c2)sc2c1CCCCCC2. The summed E-state index contributed by atoms with van der Waals surface area (Å²) in [7, 11) is 2.89. The Labute approximate surface area is 288 Å². The first-order valence-electron chi connectivity index (χ1n) is 15.6. The molecule has 1 aromatic heterocycles. The molecule has 48 heavy (non-hydrogen) atoms. The quantitative estimate of drug-likeness (QED) is 0.0859. The molecule has 5 rings (SSSR count). The van der Waals surface area contributed by atoms with Gasteiger partial charge in [0.2, 0.25) is 5.91 Å². The van der Waals surface area contributed by atoms with Gasteiger partial charge >= 0.3 is 5.97 Å². The van der Waals surface area contributed by atoms with E-state index in [9.17, 15) is 19.2 Å². The molecule has 3 amide bonds. The van der Waals surface area contributed by atoms with Crippen LogP contribution in [0.2, 0.25) is 0 Å². The van der Waals surface area contributed by atoms with Crippen LogP contribution < -0.4 is 20.7 Å². The van der Waals surface area contributed by atoms with Crippen molar-refractivity contribution < 1.29 is 28.7 Å². The van der Waals surface area contributed by atoms with Crippen molar-refractivity contribution in [1.82, 2.24) is 5.32 Å². The van der Waals surface area contributed by atoms with E-state index in [-0.39, 0.29) is 17.4 Å². The smallest absolute Gasteiger partial charge is 0.341 e. The van der Waals surface area contributed by atoms with Crippen LogP contribution >= 0.6 is 23.1 Å². The summed E-state index contributed by atoms with van der Waals surface area (Å²) in [6.45, 7) is 0. The number of esters is 1. The highest BCUT2D eigenvalue weighted by Crippen LogP contribution is 2.38. The fraction of sp³-hybridized carbons (Fsp3) is 0.243. The summed E-state index contributed by atoms with van der Waals surface area (Å²) in [5.41, 5.74) is 2.99. The number of amides is 3. The van der Waals surface area contributed by atoms with E-state index < -0.39 is 17.8 Å². The van der Waals surface area contributed by atoms with Crippen LogP contribution in [0.5, 0.6) is 5.75 Å². The second-order valence-corrected chi connectivity index (χ2v) is 13.2. The van der Waals surface area contributed by atoms with Crippen LogP contribution in [-0.4, -0.2) is 43.7 Å². The molecule has 11 heteroatoms. The number of para-hydroxylation sites is 1. The summed E-state index contributed by atoms with van der Waals surface area (Å²) in [4.78, 5) is 54.3. The van der Waals surface area contributed by atoms with Gasteiger partial charge in [-0.1, -0.05) is 55.3 Å². The van der Waals surface area contributed by atoms with Gasteiger partial charge in [-0.25, -0.2) is 4.79 Å². The van der Waals surface area contributed by atoms with Crippen LogP contribution in [0.25, 0.3) is 6.08 Å². The molecule has 0 saturated heterocycles.